The van der Waals surface area contributed by atoms with E-state index in [-0.39, 0.29) is 5.91 Å². The molecule has 1 N–H and O–H groups in total. The highest BCUT2D eigenvalue weighted by atomic mass is 16.5. The van der Waals surface area contributed by atoms with Gasteiger partial charge in [-0.1, -0.05) is 12.1 Å². The van der Waals surface area contributed by atoms with Crippen LogP contribution in [0.2, 0.25) is 0 Å². The van der Waals surface area contributed by atoms with Crippen molar-refractivity contribution >= 4 is 11.6 Å². The van der Waals surface area contributed by atoms with Gasteiger partial charge in [0.2, 0.25) is 0 Å². The van der Waals surface area contributed by atoms with Gasteiger partial charge in [0.25, 0.3) is 5.91 Å². The minimum atomic E-state index is -0.0876. The molecule has 0 aliphatic carbocycles. The molecule has 2 aromatic rings. The van der Waals surface area contributed by atoms with Gasteiger partial charge >= 0.3 is 0 Å². The number of aryl methyl sites for hydroxylation is 1. The summed E-state index contributed by atoms with van der Waals surface area (Å²) in [4.78, 5) is 12.3. The second-order valence-electron chi connectivity index (χ2n) is 4.66. The fraction of sp³-hybridized carbons (Fsp3) is 0.235. The van der Waals surface area contributed by atoms with Gasteiger partial charge in [0.1, 0.15) is 5.75 Å². The summed E-state index contributed by atoms with van der Waals surface area (Å²) in [6.45, 7) is 6.54. The van der Waals surface area contributed by atoms with Crippen molar-refractivity contribution in [1.82, 2.24) is 0 Å². The van der Waals surface area contributed by atoms with Crippen LogP contribution >= 0.6 is 0 Å². The molecular weight excluding hydrogens is 250 g/mol. The van der Waals surface area contributed by atoms with Crippen LogP contribution in [0.5, 0.6) is 5.75 Å². The summed E-state index contributed by atoms with van der Waals surface area (Å²) in [5, 5.41) is 2.90. The monoisotopic (exact) mass is 269 g/mol. The molecule has 3 heteroatoms. The Hall–Kier alpha value is -2.29. The third kappa shape index (κ3) is 3.18. The molecule has 0 aliphatic rings. The summed E-state index contributed by atoms with van der Waals surface area (Å²) in [5.41, 5.74) is 3.60. The molecule has 0 bridgehead atoms. The third-order valence-electron chi connectivity index (χ3n) is 3.27. The molecule has 1 amide bonds. The highest BCUT2D eigenvalue weighted by Gasteiger charge is 2.10. The maximum Gasteiger partial charge on any atom is 0.255 e. The van der Waals surface area contributed by atoms with Gasteiger partial charge in [-0.25, -0.2) is 0 Å². The lowest BCUT2D eigenvalue weighted by Crippen LogP contribution is -2.13. The van der Waals surface area contributed by atoms with Gasteiger partial charge in [0.15, 0.2) is 0 Å². The van der Waals surface area contributed by atoms with E-state index in [1.165, 1.54) is 0 Å². The van der Waals surface area contributed by atoms with Crippen molar-refractivity contribution < 1.29 is 9.53 Å². The molecule has 3 nitrogen and oxygen atoms in total. The van der Waals surface area contributed by atoms with Crippen LogP contribution < -0.4 is 10.1 Å². The number of ether oxygens (including phenoxy) is 1. The van der Waals surface area contributed by atoms with Gasteiger partial charge in [0, 0.05) is 11.3 Å². The average molecular weight is 269 g/mol. The fourth-order valence-corrected chi connectivity index (χ4v) is 2.00. The second-order valence-corrected chi connectivity index (χ2v) is 4.66. The van der Waals surface area contributed by atoms with E-state index in [2.05, 4.69) is 5.32 Å². The SMILES string of the molecule is CCOc1ccc(NC(=O)c2cccc(C)c2C)cc1. The van der Waals surface area contributed by atoms with Crippen LogP contribution in [0.25, 0.3) is 0 Å². The van der Waals surface area contributed by atoms with Crippen molar-refractivity contribution in [2.24, 2.45) is 0 Å². The predicted octanol–water partition coefficient (Wildman–Crippen LogP) is 3.95. The largest absolute Gasteiger partial charge is 0.494 e. The molecule has 0 saturated heterocycles. The lowest BCUT2D eigenvalue weighted by Gasteiger charge is -2.10. The zero-order valence-electron chi connectivity index (χ0n) is 12.1. The molecule has 0 radical (unpaired) electrons. The molecule has 0 fully saturated rings. The van der Waals surface area contributed by atoms with Gasteiger partial charge < -0.3 is 10.1 Å². The Kier molecular flexibility index (Phi) is 4.41. The van der Waals surface area contributed by atoms with Crippen molar-refractivity contribution in [3.8, 4) is 5.75 Å². The lowest BCUT2D eigenvalue weighted by atomic mass is 10.0. The smallest absolute Gasteiger partial charge is 0.255 e. The van der Waals surface area contributed by atoms with Crippen molar-refractivity contribution in [3.05, 3.63) is 59.2 Å². The summed E-state index contributed by atoms with van der Waals surface area (Å²) in [6.07, 6.45) is 0. The minimum Gasteiger partial charge on any atom is -0.494 e. The molecular formula is C17H19NO2. The molecule has 0 heterocycles. The molecule has 0 atom stereocenters. The van der Waals surface area contributed by atoms with Crippen molar-refractivity contribution in [1.29, 1.82) is 0 Å². The van der Waals surface area contributed by atoms with E-state index in [4.69, 9.17) is 4.74 Å². The average Bonchev–Trinajstić information content (AvgIpc) is 2.44. The molecule has 0 aliphatic heterocycles. The van der Waals surface area contributed by atoms with Crippen molar-refractivity contribution in [2.75, 3.05) is 11.9 Å². The third-order valence-corrected chi connectivity index (χ3v) is 3.27. The van der Waals surface area contributed by atoms with E-state index >= 15 is 0 Å². The van der Waals surface area contributed by atoms with Crippen LogP contribution in [0, 0.1) is 13.8 Å². The Morgan fingerprint density at radius 2 is 1.80 bits per heavy atom. The Morgan fingerprint density at radius 1 is 1.10 bits per heavy atom. The number of amides is 1. The van der Waals surface area contributed by atoms with Crippen LogP contribution in [-0.2, 0) is 0 Å². The zero-order valence-corrected chi connectivity index (χ0v) is 12.1. The van der Waals surface area contributed by atoms with Gasteiger partial charge in [-0.15, -0.1) is 0 Å². The maximum atomic E-state index is 12.3. The number of hydrogen-bond acceptors (Lipinski definition) is 2. The number of carbonyl (C=O) groups excluding carboxylic acids is 1. The van der Waals surface area contributed by atoms with Crippen molar-refractivity contribution in [2.45, 2.75) is 20.8 Å². The Morgan fingerprint density at radius 3 is 2.45 bits per heavy atom. The molecule has 104 valence electrons. The highest BCUT2D eigenvalue weighted by molar-refractivity contribution is 6.05. The molecule has 0 unspecified atom stereocenters. The summed E-state index contributed by atoms with van der Waals surface area (Å²) in [7, 11) is 0. The quantitative estimate of drug-likeness (QED) is 0.912. The van der Waals surface area contributed by atoms with E-state index in [0.29, 0.717) is 12.2 Å². The van der Waals surface area contributed by atoms with E-state index < -0.39 is 0 Å². The van der Waals surface area contributed by atoms with Crippen molar-refractivity contribution in [3.63, 3.8) is 0 Å². The molecule has 0 aromatic heterocycles. The maximum absolute atomic E-state index is 12.3. The van der Waals surface area contributed by atoms with Crippen LogP contribution in [0.15, 0.2) is 42.5 Å². The van der Waals surface area contributed by atoms with Crippen LogP contribution in [-0.4, -0.2) is 12.5 Å². The van der Waals surface area contributed by atoms with Gasteiger partial charge in [-0.2, -0.15) is 0 Å². The van der Waals surface area contributed by atoms with E-state index in [1.54, 1.807) is 0 Å². The topological polar surface area (TPSA) is 38.3 Å². The lowest BCUT2D eigenvalue weighted by molar-refractivity contribution is 0.102. The first-order chi connectivity index (χ1) is 9.61. The zero-order chi connectivity index (χ0) is 14.5. The summed E-state index contributed by atoms with van der Waals surface area (Å²) in [6, 6.07) is 13.1. The first-order valence-corrected chi connectivity index (χ1v) is 6.72. The van der Waals surface area contributed by atoms with Gasteiger partial charge in [-0.05, 0) is 62.2 Å². The van der Waals surface area contributed by atoms with Crippen LogP contribution in [0.3, 0.4) is 0 Å². The molecule has 0 saturated carbocycles. The Balaban J connectivity index is 2.13. The number of carbonyl (C=O) groups is 1. The van der Waals surface area contributed by atoms with Gasteiger partial charge in [-0.3, -0.25) is 4.79 Å². The molecule has 2 rings (SSSR count). The number of benzene rings is 2. The summed E-state index contributed by atoms with van der Waals surface area (Å²) >= 11 is 0. The van der Waals surface area contributed by atoms with Gasteiger partial charge in [0.05, 0.1) is 6.61 Å². The Labute approximate surface area is 119 Å². The minimum absolute atomic E-state index is 0.0876. The van der Waals surface area contributed by atoms with E-state index in [0.717, 1.165) is 22.6 Å². The summed E-state index contributed by atoms with van der Waals surface area (Å²) < 4.78 is 5.37. The number of nitrogens with one attached hydrogen (secondary N) is 1. The number of anilines is 1. The standard InChI is InChI=1S/C17H19NO2/c1-4-20-15-10-8-14(9-11-15)18-17(19)16-7-5-6-12(2)13(16)3/h5-11H,4H2,1-3H3,(H,18,19). The number of hydrogen-bond donors (Lipinski definition) is 1. The Bertz CT molecular complexity index is 603. The first kappa shape index (κ1) is 14.1. The fourth-order valence-electron chi connectivity index (χ4n) is 2.00. The van der Waals surface area contributed by atoms with Crippen LogP contribution in [0.1, 0.15) is 28.4 Å². The van der Waals surface area contributed by atoms with E-state index in [9.17, 15) is 4.79 Å². The predicted molar refractivity (Wildman–Crippen MR) is 81.5 cm³/mol. The van der Waals surface area contributed by atoms with E-state index in [1.807, 2.05) is 63.2 Å². The first-order valence-electron chi connectivity index (χ1n) is 6.72. The molecule has 2 aromatic carbocycles. The highest BCUT2D eigenvalue weighted by Crippen LogP contribution is 2.18. The second kappa shape index (κ2) is 6.24. The van der Waals surface area contributed by atoms with Crippen LogP contribution in [0.4, 0.5) is 5.69 Å². The number of rotatable bonds is 4. The normalized spacial score (nSPS) is 10.2. The molecule has 0 spiro atoms. The summed E-state index contributed by atoms with van der Waals surface area (Å²) in [5.74, 6) is 0.715. The molecule has 20 heavy (non-hydrogen) atoms.